The van der Waals surface area contributed by atoms with Crippen molar-refractivity contribution in [2.45, 2.75) is 27.7 Å². The van der Waals surface area contributed by atoms with Gasteiger partial charge in [0, 0.05) is 5.03 Å². The topological polar surface area (TPSA) is 0 Å². The Morgan fingerprint density at radius 2 is 1.67 bits per heavy atom. The molecule has 0 N–H and O–H groups in total. The van der Waals surface area contributed by atoms with E-state index in [0.29, 0.717) is 0 Å². The molecule has 0 rings (SSSR count). The maximum Gasteiger partial charge on any atom is 0.0360 e. The Labute approximate surface area is 63.2 Å². The molecule has 0 nitrogen and oxygen atoms in total. The average molecular weight is 147 g/mol. The van der Waals surface area contributed by atoms with E-state index in [-0.39, 0.29) is 0 Å². The number of hydrogen-bond donors (Lipinski definition) is 0. The first-order valence-corrected chi connectivity index (χ1v) is 3.63. The zero-order valence-corrected chi connectivity index (χ0v) is 7.37. The summed E-state index contributed by atoms with van der Waals surface area (Å²) in [5.41, 5.74) is 0. The molecule has 0 heterocycles. The third-order valence-electron chi connectivity index (χ3n) is 0.602. The minimum Gasteiger partial charge on any atom is -0.0862 e. The van der Waals surface area contributed by atoms with E-state index in [9.17, 15) is 0 Å². The Morgan fingerprint density at radius 3 is 1.78 bits per heavy atom. The summed E-state index contributed by atoms with van der Waals surface area (Å²) >= 11 is 5.54. The van der Waals surface area contributed by atoms with Gasteiger partial charge in [-0.25, -0.2) is 0 Å². The smallest absolute Gasteiger partial charge is 0.0360 e. The minimum absolute atomic E-state index is 0.794. The second kappa shape index (κ2) is 10.7. The molecule has 0 bridgehead atoms. The van der Waals surface area contributed by atoms with E-state index < -0.39 is 0 Å². The molecule has 9 heavy (non-hydrogen) atoms. The van der Waals surface area contributed by atoms with Gasteiger partial charge in [0.2, 0.25) is 0 Å². The Morgan fingerprint density at radius 1 is 1.22 bits per heavy atom. The molecule has 0 aromatic rings. The van der Waals surface area contributed by atoms with Gasteiger partial charge in [0.25, 0.3) is 0 Å². The van der Waals surface area contributed by atoms with Crippen molar-refractivity contribution < 1.29 is 0 Å². The molecule has 54 valence electrons. The van der Waals surface area contributed by atoms with Crippen LogP contribution in [0.15, 0.2) is 23.3 Å². The molecular weight excluding hydrogens is 132 g/mol. The number of allylic oxidation sites excluding steroid dienone is 4. The quantitative estimate of drug-likeness (QED) is 0.495. The van der Waals surface area contributed by atoms with Crippen LogP contribution in [0.3, 0.4) is 0 Å². The first-order chi connectivity index (χ1) is 4.31. The van der Waals surface area contributed by atoms with E-state index in [0.717, 1.165) is 5.03 Å². The van der Waals surface area contributed by atoms with E-state index in [4.69, 9.17) is 11.6 Å². The van der Waals surface area contributed by atoms with Gasteiger partial charge in [-0.15, -0.1) is 0 Å². The van der Waals surface area contributed by atoms with Crippen LogP contribution in [-0.2, 0) is 0 Å². The molecule has 0 saturated carbocycles. The van der Waals surface area contributed by atoms with Crippen molar-refractivity contribution >= 4 is 11.6 Å². The van der Waals surface area contributed by atoms with Crippen LogP contribution in [0.5, 0.6) is 0 Å². The van der Waals surface area contributed by atoms with Crippen molar-refractivity contribution in [2.75, 3.05) is 0 Å². The summed E-state index contributed by atoms with van der Waals surface area (Å²) in [6, 6.07) is 0. The Hall–Kier alpha value is -0.230. The Bertz CT molecular complexity index is 90.7. The van der Waals surface area contributed by atoms with Gasteiger partial charge in [0.15, 0.2) is 0 Å². The van der Waals surface area contributed by atoms with E-state index in [1.165, 1.54) is 0 Å². The van der Waals surface area contributed by atoms with E-state index in [1.54, 1.807) is 0 Å². The van der Waals surface area contributed by atoms with Crippen LogP contribution in [0.4, 0.5) is 0 Å². The fourth-order valence-electron chi connectivity index (χ4n) is 0.255. The van der Waals surface area contributed by atoms with Crippen LogP contribution in [0.1, 0.15) is 27.7 Å². The average Bonchev–Trinajstić information content (AvgIpc) is 1.93. The third kappa shape index (κ3) is 11.4. The summed E-state index contributed by atoms with van der Waals surface area (Å²) in [7, 11) is 0. The summed E-state index contributed by atoms with van der Waals surface area (Å²) in [6.45, 7) is 7.84. The van der Waals surface area contributed by atoms with Crippen molar-refractivity contribution in [2.24, 2.45) is 0 Å². The molecule has 0 unspecified atom stereocenters. The fraction of sp³-hybridized carbons (Fsp3) is 0.500. The molecule has 0 spiro atoms. The zero-order valence-electron chi connectivity index (χ0n) is 6.61. The number of rotatable bonds is 1. The molecule has 0 aliphatic carbocycles. The van der Waals surface area contributed by atoms with Gasteiger partial charge in [-0.05, 0) is 19.9 Å². The molecule has 0 aliphatic heterocycles. The van der Waals surface area contributed by atoms with Crippen molar-refractivity contribution in [3.63, 3.8) is 0 Å². The van der Waals surface area contributed by atoms with Crippen LogP contribution in [0.2, 0.25) is 0 Å². The second-order valence-electron chi connectivity index (χ2n) is 1.17. The molecule has 1 heteroatoms. The summed E-state index contributed by atoms with van der Waals surface area (Å²) in [4.78, 5) is 0. The summed E-state index contributed by atoms with van der Waals surface area (Å²) in [6.07, 6.45) is 5.60. The van der Waals surface area contributed by atoms with Crippen molar-refractivity contribution in [1.29, 1.82) is 0 Å². The molecule has 0 radical (unpaired) electrons. The molecule has 0 aliphatic rings. The number of hydrogen-bond acceptors (Lipinski definition) is 0. The predicted molar refractivity (Wildman–Crippen MR) is 45.8 cm³/mol. The highest BCUT2D eigenvalue weighted by Crippen LogP contribution is 2.00. The molecule has 0 saturated heterocycles. The zero-order chi connectivity index (χ0) is 7.70. The number of halogens is 1. The highest BCUT2D eigenvalue weighted by atomic mass is 35.5. The van der Waals surface area contributed by atoms with Crippen LogP contribution < -0.4 is 0 Å². The van der Waals surface area contributed by atoms with Crippen LogP contribution >= 0.6 is 11.6 Å². The summed E-state index contributed by atoms with van der Waals surface area (Å²) < 4.78 is 0. The van der Waals surface area contributed by atoms with Crippen molar-refractivity contribution in [3.8, 4) is 0 Å². The highest BCUT2D eigenvalue weighted by molar-refractivity contribution is 6.31. The molecule has 0 aromatic carbocycles. The maximum atomic E-state index is 5.54. The van der Waals surface area contributed by atoms with Gasteiger partial charge in [0.1, 0.15) is 0 Å². The maximum absolute atomic E-state index is 5.54. The fourth-order valence-corrected chi connectivity index (χ4v) is 0.381. The Balaban J connectivity index is 0. The lowest BCUT2D eigenvalue weighted by Crippen LogP contribution is -1.54. The normalized spacial score (nSPS) is 11.0. The van der Waals surface area contributed by atoms with Gasteiger partial charge in [-0.3, -0.25) is 0 Å². The van der Waals surface area contributed by atoms with E-state index in [2.05, 4.69) is 0 Å². The van der Waals surface area contributed by atoms with Gasteiger partial charge >= 0.3 is 0 Å². The molecule has 0 atom stereocenters. The van der Waals surface area contributed by atoms with E-state index >= 15 is 0 Å². The third-order valence-corrected chi connectivity index (χ3v) is 0.946. The van der Waals surface area contributed by atoms with Crippen molar-refractivity contribution in [3.05, 3.63) is 23.3 Å². The van der Waals surface area contributed by atoms with Crippen LogP contribution in [-0.4, -0.2) is 0 Å². The van der Waals surface area contributed by atoms with Gasteiger partial charge in [-0.1, -0.05) is 37.6 Å². The largest absolute Gasteiger partial charge is 0.0862 e. The molecule has 0 amide bonds. The standard InChI is InChI=1S/C6H9Cl.C2H6/c1-3-5-6(7)4-2;1-2/h3-5H,1-2H3;1-2H3/b5-3-,6-4+;. The molecule has 0 fully saturated rings. The summed E-state index contributed by atoms with van der Waals surface area (Å²) in [5.74, 6) is 0. The first-order valence-electron chi connectivity index (χ1n) is 3.25. The summed E-state index contributed by atoms with van der Waals surface area (Å²) in [5, 5.41) is 0.794. The monoisotopic (exact) mass is 146 g/mol. The van der Waals surface area contributed by atoms with Gasteiger partial charge < -0.3 is 0 Å². The lowest BCUT2D eigenvalue weighted by Gasteiger charge is -1.78. The lowest BCUT2D eigenvalue weighted by molar-refractivity contribution is 1.50. The lowest BCUT2D eigenvalue weighted by atomic mass is 10.4. The van der Waals surface area contributed by atoms with Gasteiger partial charge in [-0.2, -0.15) is 0 Å². The minimum atomic E-state index is 0.794. The molecular formula is C8H15Cl. The highest BCUT2D eigenvalue weighted by Gasteiger charge is 1.73. The SMILES string of the molecule is C/C=C\C(Cl)=C/C.CC. The predicted octanol–water partition coefficient (Wildman–Crippen LogP) is 3.73. The van der Waals surface area contributed by atoms with Crippen LogP contribution in [0, 0.1) is 0 Å². The first kappa shape index (κ1) is 11.6. The van der Waals surface area contributed by atoms with Crippen LogP contribution in [0.25, 0.3) is 0 Å². The van der Waals surface area contributed by atoms with E-state index in [1.807, 2.05) is 45.9 Å². The van der Waals surface area contributed by atoms with Crippen molar-refractivity contribution in [1.82, 2.24) is 0 Å². The second-order valence-corrected chi connectivity index (χ2v) is 1.61. The van der Waals surface area contributed by atoms with Gasteiger partial charge in [0.05, 0.1) is 0 Å². The Kier molecular flexibility index (Phi) is 13.7. The molecule has 0 aromatic heterocycles.